The molecule has 0 amide bonds. The van der Waals surface area contributed by atoms with Gasteiger partial charge >= 0.3 is 0 Å². The second kappa shape index (κ2) is 12.5. The van der Waals surface area contributed by atoms with Crippen LogP contribution in [0.3, 0.4) is 0 Å². The van der Waals surface area contributed by atoms with Crippen LogP contribution in [0.15, 0.2) is 170 Å². The van der Waals surface area contributed by atoms with Crippen molar-refractivity contribution in [1.29, 1.82) is 0 Å². The molecule has 2 aromatic heterocycles. The Morgan fingerprint density at radius 3 is 0.741 bits per heavy atom. The van der Waals surface area contributed by atoms with Gasteiger partial charge in [0.15, 0.2) is 0 Å². The highest BCUT2D eigenvalue weighted by Crippen LogP contribution is 2.40. The summed E-state index contributed by atoms with van der Waals surface area (Å²) in [5.41, 5.74) is 19.6. The SMILES string of the molecule is Cc1ccc(-c2ccc3c(c2)c2cc(-c4ccc5c(c4)c4cc(-c6ccc(C)cc6)ccc4n5-c4ccc(C)cc4)ccc2n3-c2ccc(C)cc2)cc1. The van der Waals surface area contributed by atoms with Crippen LogP contribution < -0.4 is 0 Å². The van der Waals surface area contributed by atoms with Crippen molar-refractivity contribution in [2.24, 2.45) is 0 Å². The van der Waals surface area contributed by atoms with Gasteiger partial charge in [-0.25, -0.2) is 0 Å². The van der Waals surface area contributed by atoms with Gasteiger partial charge in [0.05, 0.1) is 22.1 Å². The summed E-state index contributed by atoms with van der Waals surface area (Å²) in [6, 6.07) is 63.3. The van der Waals surface area contributed by atoms with E-state index < -0.39 is 0 Å². The van der Waals surface area contributed by atoms with Gasteiger partial charge in [-0.2, -0.15) is 0 Å². The summed E-state index contributed by atoms with van der Waals surface area (Å²) in [7, 11) is 0. The molecule has 10 rings (SSSR count). The van der Waals surface area contributed by atoms with E-state index in [0.29, 0.717) is 0 Å². The topological polar surface area (TPSA) is 9.86 Å². The number of hydrogen-bond acceptors (Lipinski definition) is 0. The van der Waals surface area contributed by atoms with Crippen LogP contribution in [-0.4, -0.2) is 9.13 Å². The van der Waals surface area contributed by atoms with Crippen molar-refractivity contribution in [3.05, 3.63) is 192 Å². The van der Waals surface area contributed by atoms with Gasteiger partial charge in [-0.3, -0.25) is 0 Å². The molecule has 2 nitrogen and oxygen atoms in total. The van der Waals surface area contributed by atoms with Crippen molar-refractivity contribution in [3.8, 4) is 44.8 Å². The molecule has 2 heterocycles. The quantitative estimate of drug-likeness (QED) is 0.170. The van der Waals surface area contributed by atoms with E-state index in [9.17, 15) is 0 Å². The number of benzene rings is 8. The van der Waals surface area contributed by atoms with Gasteiger partial charge in [0.25, 0.3) is 0 Å². The Morgan fingerprint density at radius 2 is 0.463 bits per heavy atom. The average molecular weight is 693 g/mol. The Bertz CT molecular complexity index is 2820. The molecule has 0 saturated carbocycles. The predicted molar refractivity (Wildman–Crippen MR) is 230 cm³/mol. The highest BCUT2D eigenvalue weighted by atomic mass is 15.0. The van der Waals surface area contributed by atoms with E-state index in [0.717, 1.165) is 0 Å². The summed E-state index contributed by atoms with van der Waals surface area (Å²) in [5.74, 6) is 0. The fraction of sp³-hybridized carbons (Fsp3) is 0.0769. The first kappa shape index (κ1) is 32.0. The first-order valence-corrected chi connectivity index (χ1v) is 18.8. The summed E-state index contributed by atoms with van der Waals surface area (Å²) < 4.78 is 4.83. The highest BCUT2D eigenvalue weighted by Gasteiger charge is 2.18. The van der Waals surface area contributed by atoms with Crippen LogP contribution in [-0.2, 0) is 0 Å². The third-order valence-corrected chi connectivity index (χ3v) is 11.2. The predicted octanol–water partition coefficient (Wildman–Crippen LogP) is 14.1. The molecule has 0 N–H and O–H groups in total. The molecule has 0 unspecified atom stereocenters. The van der Waals surface area contributed by atoms with Crippen LogP contribution in [0.25, 0.3) is 88.4 Å². The van der Waals surface area contributed by atoms with Crippen molar-refractivity contribution in [3.63, 3.8) is 0 Å². The summed E-state index contributed by atoms with van der Waals surface area (Å²) in [4.78, 5) is 0. The fourth-order valence-corrected chi connectivity index (χ4v) is 8.20. The van der Waals surface area contributed by atoms with Crippen molar-refractivity contribution in [1.82, 2.24) is 9.13 Å². The van der Waals surface area contributed by atoms with Gasteiger partial charge in [-0.1, -0.05) is 119 Å². The Labute approximate surface area is 316 Å². The second-order valence-electron chi connectivity index (χ2n) is 15.0. The number of aryl methyl sites for hydroxylation is 4. The van der Waals surface area contributed by atoms with Crippen molar-refractivity contribution < 1.29 is 0 Å². The number of nitrogens with zero attached hydrogens (tertiary/aromatic N) is 2. The van der Waals surface area contributed by atoms with Crippen molar-refractivity contribution in [2.45, 2.75) is 27.7 Å². The molecular weight excluding hydrogens is 653 g/mol. The van der Waals surface area contributed by atoms with Crippen LogP contribution in [0, 0.1) is 27.7 Å². The largest absolute Gasteiger partial charge is 0.309 e. The molecule has 0 aliphatic carbocycles. The molecule has 0 bridgehead atoms. The Balaban J connectivity index is 1.19. The summed E-state index contributed by atoms with van der Waals surface area (Å²) >= 11 is 0. The molecule has 10 aromatic rings. The molecule has 0 radical (unpaired) electrons. The molecule has 2 heteroatoms. The van der Waals surface area contributed by atoms with E-state index in [4.69, 9.17) is 0 Å². The van der Waals surface area contributed by atoms with E-state index in [2.05, 4.69) is 207 Å². The van der Waals surface area contributed by atoms with Gasteiger partial charge in [0.1, 0.15) is 0 Å². The van der Waals surface area contributed by atoms with Crippen molar-refractivity contribution in [2.75, 3.05) is 0 Å². The lowest BCUT2D eigenvalue weighted by Gasteiger charge is -2.10. The Morgan fingerprint density at radius 1 is 0.241 bits per heavy atom. The monoisotopic (exact) mass is 692 g/mol. The molecule has 258 valence electrons. The van der Waals surface area contributed by atoms with Gasteiger partial charge in [-0.15, -0.1) is 0 Å². The third kappa shape index (κ3) is 5.33. The van der Waals surface area contributed by atoms with E-state index in [1.165, 1.54) is 111 Å². The van der Waals surface area contributed by atoms with Crippen LogP contribution in [0.2, 0.25) is 0 Å². The first-order chi connectivity index (χ1) is 26.4. The summed E-state index contributed by atoms with van der Waals surface area (Å²) in [6.45, 7) is 8.58. The maximum atomic E-state index is 2.41. The highest BCUT2D eigenvalue weighted by molar-refractivity contribution is 6.14. The maximum absolute atomic E-state index is 2.41. The van der Waals surface area contributed by atoms with Gasteiger partial charge in [0.2, 0.25) is 0 Å². The molecular formula is C52H40N2. The number of hydrogen-bond donors (Lipinski definition) is 0. The zero-order valence-corrected chi connectivity index (χ0v) is 31.1. The average Bonchev–Trinajstić information content (AvgIpc) is 3.70. The minimum absolute atomic E-state index is 1.17. The molecule has 0 fully saturated rings. The Hall–Kier alpha value is -6.64. The zero-order valence-electron chi connectivity index (χ0n) is 31.1. The van der Waals surface area contributed by atoms with Crippen LogP contribution in [0.4, 0.5) is 0 Å². The summed E-state index contributed by atoms with van der Waals surface area (Å²) in [5, 5.41) is 5.01. The van der Waals surface area contributed by atoms with E-state index >= 15 is 0 Å². The standard InChI is InChI=1S/C52H40N2/c1-33-5-13-37(14-6-33)39-17-25-49-45(29-39)47-31-41(19-27-51(47)53(49)43-21-9-35(3)10-22-43)42-20-28-52-48(32-42)46-30-40(38-15-7-34(2)8-16-38)18-26-50(46)54(52)44-23-11-36(4)12-24-44/h5-32H,1-4H3. The van der Waals surface area contributed by atoms with E-state index in [1.807, 2.05) is 0 Å². The molecule has 0 aliphatic heterocycles. The lowest BCUT2D eigenvalue weighted by atomic mass is 9.98. The van der Waals surface area contributed by atoms with Gasteiger partial charge in [0, 0.05) is 32.9 Å². The zero-order chi connectivity index (χ0) is 36.5. The molecule has 8 aromatic carbocycles. The van der Waals surface area contributed by atoms with Gasteiger partial charge in [-0.05, 0) is 134 Å². The smallest absolute Gasteiger partial charge is 0.0541 e. The number of rotatable bonds is 5. The van der Waals surface area contributed by atoms with Crippen LogP contribution in [0.1, 0.15) is 22.3 Å². The van der Waals surface area contributed by atoms with Gasteiger partial charge < -0.3 is 9.13 Å². The van der Waals surface area contributed by atoms with Crippen molar-refractivity contribution >= 4 is 43.6 Å². The van der Waals surface area contributed by atoms with E-state index in [1.54, 1.807) is 0 Å². The first-order valence-electron chi connectivity index (χ1n) is 18.8. The fourth-order valence-electron chi connectivity index (χ4n) is 8.20. The minimum Gasteiger partial charge on any atom is -0.309 e. The minimum atomic E-state index is 1.17. The molecule has 0 aliphatic rings. The third-order valence-electron chi connectivity index (χ3n) is 11.2. The molecule has 0 atom stereocenters. The maximum Gasteiger partial charge on any atom is 0.0541 e. The lowest BCUT2D eigenvalue weighted by Crippen LogP contribution is -1.94. The lowest BCUT2D eigenvalue weighted by molar-refractivity contribution is 1.17. The molecule has 0 saturated heterocycles. The Kier molecular flexibility index (Phi) is 7.42. The van der Waals surface area contributed by atoms with Crippen LogP contribution in [0.5, 0.6) is 0 Å². The molecule has 54 heavy (non-hydrogen) atoms. The second-order valence-corrected chi connectivity index (χ2v) is 15.0. The number of fused-ring (bicyclic) bond motifs is 6. The van der Waals surface area contributed by atoms with Crippen LogP contribution >= 0.6 is 0 Å². The number of aromatic nitrogens is 2. The normalized spacial score (nSPS) is 11.7. The van der Waals surface area contributed by atoms with E-state index in [-0.39, 0.29) is 0 Å². The molecule has 0 spiro atoms. The summed E-state index contributed by atoms with van der Waals surface area (Å²) in [6.07, 6.45) is 0.